The molecule has 74 valence electrons. The van der Waals surface area contributed by atoms with Crippen molar-refractivity contribution < 1.29 is 0 Å². The molecule has 0 aliphatic heterocycles. The van der Waals surface area contributed by atoms with Gasteiger partial charge < -0.3 is 0 Å². The van der Waals surface area contributed by atoms with Gasteiger partial charge in [-0.2, -0.15) is 0 Å². The van der Waals surface area contributed by atoms with Crippen molar-refractivity contribution in [1.29, 1.82) is 0 Å². The first-order valence-corrected chi connectivity index (χ1v) is 6.08. The predicted octanol–water partition coefficient (Wildman–Crippen LogP) is 4.33. The zero-order valence-corrected chi connectivity index (χ0v) is 9.87. The lowest BCUT2D eigenvalue weighted by molar-refractivity contribution is 1.14. The van der Waals surface area contributed by atoms with Crippen LogP contribution in [0.4, 0.5) is 0 Å². The van der Waals surface area contributed by atoms with Crippen LogP contribution in [-0.2, 0) is 12.8 Å². The molecule has 14 heavy (non-hydrogen) atoms. The van der Waals surface area contributed by atoms with Crippen LogP contribution in [-0.4, -0.2) is 0 Å². The van der Waals surface area contributed by atoms with Crippen molar-refractivity contribution in [2.75, 3.05) is 0 Å². The van der Waals surface area contributed by atoms with E-state index in [1.165, 1.54) is 26.1 Å². The molecule has 0 saturated carbocycles. The van der Waals surface area contributed by atoms with E-state index in [0.717, 1.165) is 12.8 Å². The Labute approximate surface area is 89.6 Å². The van der Waals surface area contributed by atoms with Gasteiger partial charge in [0.25, 0.3) is 0 Å². The zero-order chi connectivity index (χ0) is 10.1. The fraction of sp³-hybridized carbons (Fsp3) is 0.385. The highest BCUT2D eigenvalue weighted by molar-refractivity contribution is 7.19. The van der Waals surface area contributed by atoms with E-state index in [4.69, 9.17) is 0 Å². The normalized spacial score (nSPS) is 11.1. The molecular formula is C13H16S. The summed E-state index contributed by atoms with van der Waals surface area (Å²) in [4.78, 5) is 1.48. The lowest BCUT2D eigenvalue weighted by Gasteiger charge is -1.98. The number of rotatable bonds is 2. The maximum atomic E-state index is 2.34. The van der Waals surface area contributed by atoms with E-state index in [0.29, 0.717) is 0 Å². The summed E-state index contributed by atoms with van der Waals surface area (Å²) in [6, 6.07) is 6.89. The van der Waals surface area contributed by atoms with Gasteiger partial charge in [0.15, 0.2) is 0 Å². The SMILES string of the molecule is CCc1ccc2c(CC)c(C)sc2c1. The second-order valence-electron chi connectivity index (χ2n) is 3.67. The second-order valence-corrected chi connectivity index (χ2v) is 4.93. The van der Waals surface area contributed by atoms with Crippen molar-refractivity contribution in [3.8, 4) is 0 Å². The number of fused-ring (bicyclic) bond motifs is 1. The van der Waals surface area contributed by atoms with E-state index in [-0.39, 0.29) is 0 Å². The van der Waals surface area contributed by atoms with Gasteiger partial charge in [-0.3, -0.25) is 0 Å². The first-order chi connectivity index (χ1) is 6.76. The average Bonchev–Trinajstić information content (AvgIpc) is 2.51. The molecule has 0 unspecified atom stereocenters. The summed E-state index contributed by atoms with van der Waals surface area (Å²) in [6.07, 6.45) is 2.28. The van der Waals surface area contributed by atoms with Crippen molar-refractivity contribution in [3.63, 3.8) is 0 Å². The third kappa shape index (κ3) is 1.46. The summed E-state index contributed by atoms with van der Waals surface area (Å²) >= 11 is 1.93. The Morgan fingerprint density at radius 1 is 1.14 bits per heavy atom. The molecule has 0 aliphatic rings. The molecule has 0 N–H and O–H groups in total. The number of aryl methyl sites for hydroxylation is 3. The molecule has 0 atom stereocenters. The molecule has 0 saturated heterocycles. The summed E-state index contributed by atoms with van der Waals surface area (Å²) in [5.74, 6) is 0. The molecular weight excluding hydrogens is 188 g/mol. The van der Waals surface area contributed by atoms with Crippen LogP contribution in [0.2, 0.25) is 0 Å². The summed E-state index contributed by atoms with van der Waals surface area (Å²) in [6.45, 7) is 6.68. The summed E-state index contributed by atoms with van der Waals surface area (Å²) in [5, 5.41) is 1.47. The predicted molar refractivity (Wildman–Crippen MR) is 65.3 cm³/mol. The average molecular weight is 204 g/mol. The van der Waals surface area contributed by atoms with Crippen LogP contribution in [0, 0.1) is 6.92 Å². The van der Waals surface area contributed by atoms with Crippen molar-refractivity contribution in [3.05, 3.63) is 34.2 Å². The highest BCUT2D eigenvalue weighted by atomic mass is 32.1. The fourth-order valence-electron chi connectivity index (χ4n) is 1.98. The van der Waals surface area contributed by atoms with Crippen molar-refractivity contribution in [1.82, 2.24) is 0 Å². The monoisotopic (exact) mass is 204 g/mol. The highest BCUT2D eigenvalue weighted by Gasteiger charge is 2.06. The van der Waals surface area contributed by atoms with Gasteiger partial charge in [-0.25, -0.2) is 0 Å². The molecule has 0 aliphatic carbocycles. The number of hydrogen-bond acceptors (Lipinski definition) is 1. The van der Waals surface area contributed by atoms with Gasteiger partial charge in [0.05, 0.1) is 0 Å². The quantitative estimate of drug-likeness (QED) is 0.683. The van der Waals surface area contributed by atoms with E-state index in [1.807, 2.05) is 11.3 Å². The lowest BCUT2D eigenvalue weighted by Crippen LogP contribution is -1.81. The minimum atomic E-state index is 1.13. The molecule has 1 heterocycles. The molecule has 1 heteroatoms. The molecule has 1 aromatic carbocycles. The lowest BCUT2D eigenvalue weighted by atomic mass is 10.1. The maximum absolute atomic E-state index is 2.34. The highest BCUT2D eigenvalue weighted by Crippen LogP contribution is 2.31. The van der Waals surface area contributed by atoms with Crippen molar-refractivity contribution in [2.45, 2.75) is 33.6 Å². The Hall–Kier alpha value is -0.820. The van der Waals surface area contributed by atoms with E-state index >= 15 is 0 Å². The first kappa shape index (κ1) is 9.72. The Morgan fingerprint density at radius 2 is 1.93 bits per heavy atom. The van der Waals surface area contributed by atoms with E-state index < -0.39 is 0 Å². The van der Waals surface area contributed by atoms with Gasteiger partial charge in [-0.15, -0.1) is 11.3 Å². The molecule has 1 aromatic heterocycles. The Balaban J connectivity index is 2.68. The summed E-state index contributed by atoms with van der Waals surface area (Å²) in [5.41, 5.74) is 2.98. The molecule has 2 aromatic rings. The molecule has 0 fully saturated rings. The Bertz CT molecular complexity index is 451. The maximum Gasteiger partial charge on any atom is 0.0351 e. The van der Waals surface area contributed by atoms with Crippen LogP contribution in [0.3, 0.4) is 0 Å². The third-order valence-electron chi connectivity index (χ3n) is 2.82. The third-order valence-corrected chi connectivity index (χ3v) is 3.93. The zero-order valence-electron chi connectivity index (χ0n) is 9.05. The fourth-order valence-corrected chi connectivity index (χ4v) is 3.19. The molecule has 0 radical (unpaired) electrons. The van der Waals surface area contributed by atoms with Gasteiger partial charge in [-0.1, -0.05) is 26.0 Å². The topological polar surface area (TPSA) is 0 Å². The van der Waals surface area contributed by atoms with Crippen LogP contribution in [0.25, 0.3) is 10.1 Å². The summed E-state index contributed by atoms with van der Waals surface area (Å²) in [7, 11) is 0. The van der Waals surface area contributed by atoms with Crippen LogP contribution in [0.1, 0.15) is 29.9 Å². The molecule has 0 bridgehead atoms. The van der Waals surface area contributed by atoms with Crippen LogP contribution < -0.4 is 0 Å². The second kappa shape index (κ2) is 3.74. The van der Waals surface area contributed by atoms with Crippen molar-refractivity contribution >= 4 is 21.4 Å². The van der Waals surface area contributed by atoms with Crippen LogP contribution in [0.15, 0.2) is 18.2 Å². The Morgan fingerprint density at radius 3 is 2.57 bits per heavy atom. The number of thiophene rings is 1. The first-order valence-electron chi connectivity index (χ1n) is 5.27. The van der Waals surface area contributed by atoms with Gasteiger partial charge in [0.1, 0.15) is 0 Å². The van der Waals surface area contributed by atoms with Gasteiger partial charge in [0, 0.05) is 9.58 Å². The number of benzene rings is 1. The minimum absolute atomic E-state index is 1.13. The van der Waals surface area contributed by atoms with Gasteiger partial charge in [0.2, 0.25) is 0 Å². The van der Waals surface area contributed by atoms with E-state index in [9.17, 15) is 0 Å². The van der Waals surface area contributed by atoms with Crippen molar-refractivity contribution in [2.24, 2.45) is 0 Å². The smallest absolute Gasteiger partial charge is 0.0351 e. The summed E-state index contributed by atoms with van der Waals surface area (Å²) < 4.78 is 1.46. The van der Waals surface area contributed by atoms with Crippen LogP contribution >= 0.6 is 11.3 Å². The van der Waals surface area contributed by atoms with Gasteiger partial charge in [-0.05, 0) is 42.3 Å². The Kier molecular flexibility index (Phi) is 2.60. The standard InChI is InChI=1S/C13H16S/c1-4-10-6-7-12-11(5-2)9(3)14-13(12)8-10/h6-8H,4-5H2,1-3H3. The molecule has 2 rings (SSSR count). The van der Waals surface area contributed by atoms with E-state index in [1.54, 1.807) is 0 Å². The molecule has 0 nitrogen and oxygen atoms in total. The van der Waals surface area contributed by atoms with Gasteiger partial charge >= 0.3 is 0 Å². The molecule has 0 amide bonds. The largest absolute Gasteiger partial charge is 0.140 e. The number of hydrogen-bond donors (Lipinski definition) is 0. The van der Waals surface area contributed by atoms with E-state index in [2.05, 4.69) is 39.0 Å². The minimum Gasteiger partial charge on any atom is -0.140 e. The van der Waals surface area contributed by atoms with Crippen LogP contribution in [0.5, 0.6) is 0 Å². The molecule has 0 spiro atoms.